The van der Waals surface area contributed by atoms with Crippen LogP contribution in [0.2, 0.25) is 0 Å². The van der Waals surface area contributed by atoms with E-state index in [1.165, 1.54) is 11.1 Å². The third kappa shape index (κ3) is 3.41. The third-order valence-corrected chi connectivity index (χ3v) is 2.75. The molecule has 0 saturated carbocycles. The number of aryl methyl sites for hydroxylation is 1. The summed E-state index contributed by atoms with van der Waals surface area (Å²) in [5.74, 6) is 0.825. The minimum atomic E-state index is 0.825. The lowest BCUT2D eigenvalue weighted by Gasteiger charge is -2.13. The van der Waals surface area contributed by atoms with E-state index in [4.69, 9.17) is 0 Å². The van der Waals surface area contributed by atoms with Crippen LogP contribution in [0.4, 0.5) is 0 Å². The Bertz CT molecular complexity index is 260. The lowest BCUT2D eigenvalue weighted by atomic mass is 10.1. The Morgan fingerprint density at radius 3 is 2.62 bits per heavy atom. The second-order valence-corrected chi connectivity index (χ2v) is 3.68. The van der Waals surface area contributed by atoms with Crippen LogP contribution in [-0.2, 0) is 6.42 Å². The Hall–Kier alpha value is -0.470. The predicted molar refractivity (Wildman–Crippen MR) is 61.4 cm³/mol. The Morgan fingerprint density at radius 1 is 1.31 bits per heavy atom. The van der Waals surface area contributed by atoms with Crippen LogP contribution in [0.3, 0.4) is 0 Å². The molecule has 0 aromatic heterocycles. The normalized spacial score (nSPS) is 10.8. The fourth-order valence-electron chi connectivity index (χ4n) is 1.27. The molecule has 0 bridgehead atoms. The van der Waals surface area contributed by atoms with Gasteiger partial charge in [0.2, 0.25) is 0 Å². The number of rotatable bonds is 4. The largest absolute Gasteiger partial charge is 0.297 e. The molecule has 0 aliphatic heterocycles. The zero-order valence-corrected chi connectivity index (χ0v) is 9.22. The van der Waals surface area contributed by atoms with Crippen LogP contribution in [-0.4, -0.2) is 24.4 Å². The van der Waals surface area contributed by atoms with Crippen molar-refractivity contribution in [3.63, 3.8) is 0 Å². The van der Waals surface area contributed by atoms with E-state index in [9.17, 15) is 0 Å². The third-order valence-electron chi connectivity index (χ3n) is 2.27. The Morgan fingerprint density at radius 2 is 2.00 bits per heavy atom. The molecule has 0 saturated heterocycles. The quantitative estimate of drug-likeness (QED) is 0.570. The van der Waals surface area contributed by atoms with Gasteiger partial charge in [0.1, 0.15) is 0 Å². The SMILES string of the molecule is Cc1ccccc1CCN(C)CS. The van der Waals surface area contributed by atoms with Crippen molar-refractivity contribution >= 4 is 12.6 Å². The summed E-state index contributed by atoms with van der Waals surface area (Å²) in [7, 11) is 2.09. The average molecular weight is 195 g/mol. The first-order valence-electron chi connectivity index (χ1n) is 4.58. The van der Waals surface area contributed by atoms with Crippen molar-refractivity contribution in [3.8, 4) is 0 Å². The molecule has 1 nitrogen and oxygen atoms in total. The van der Waals surface area contributed by atoms with Crippen LogP contribution in [0.15, 0.2) is 24.3 Å². The summed E-state index contributed by atoms with van der Waals surface area (Å²) in [4.78, 5) is 2.20. The van der Waals surface area contributed by atoms with Gasteiger partial charge in [-0.25, -0.2) is 0 Å². The number of hydrogen-bond acceptors (Lipinski definition) is 2. The Balaban J connectivity index is 2.50. The molecular formula is C11H17NS. The summed E-state index contributed by atoms with van der Waals surface area (Å²) in [6.07, 6.45) is 1.11. The lowest BCUT2D eigenvalue weighted by Crippen LogP contribution is -2.19. The molecule has 0 atom stereocenters. The predicted octanol–water partition coefficient (Wildman–Crippen LogP) is 2.36. The van der Waals surface area contributed by atoms with E-state index in [0.717, 1.165) is 18.8 Å². The minimum Gasteiger partial charge on any atom is -0.297 e. The van der Waals surface area contributed by atoms with Gasteiger partial charge < -0.3 is 0 Å². The maximum atomic E-state index is 4.21. The number of thiol groups is 1. The molecule has 13 heavy (non-hydrogen) atoms. The number of likely N-dealkylation sites (N-methyl/N-ethyl adjacent to an activating group) is 1. The maximum absolute atomic E-state index is 4.21. The summed E-state index contributed by atoms with van der Waals surface area (Å²) in [6, 6.07) is 8.54. The van der Waals surface area contributed by atoms with E-state index >= 15 is 0 Å². The highest BCUT2D eigenvalue weighted by molar-refractivity contribution is 7.80. The first-order valence-corrected chi connectivity index (χ1v) is 5.21. The van der Waals surface area contributed by atoms with Gasteiger partial charge in [-0.2, -0.15) is 12.6 Å². The summed E-state index contributed by atoms with van der Waals surface area (Å²) in [6.45, 7) is 3.24. The van der Waals surface area contributed by atoms with Gasteiger partial charge in [-0.05, 0) is 31.5 Å². The number of nitrogens with zero attached hydrogens (tertiary/aromatic N) is 1. The number of benzene rings is 1. The van der Waals surface area contributed by atoms with Gasteiger partial charge in [-0.3, -0.25) is 4.90 Å². The molecule has 0 fully saturated rings. The molecule has 0 unspecified atom stereocenters. The monoisotopic (exact) mass is 195 g/mol. The first kappa shape index (κ1) is 10.6. The van der Waals surface area contributed by atoms with E-state index in [2.05, 4.69) is 55.8 Å². The van der Waals surface area contributed by atoms with Crippen LogP contribution in [0, 0.1) is 6.92 Å². The van der Waals surface area contributed by atoms with Gasteiger partial charge >= 0.3 is 0 Å². The number of hydrogen-bond donors (Lipinski definition) is 1. The van der Waals surface area contributed by atoms with Gasteiger partial charge in [-0.15, -0.1) is 0 Å². The molecule has 0 amide bonds. The van der Waals surface area contributed by atoms with Crippen molar-refractivity contribution in [2.75, 3.05) is 19.5 Å². The standard InChI is InChI=1S/C11H17NS/c1-10-5-3-4-6-11(10)7-8-12(2)9-13/h3-6,13H,7-9H2,1-2H3. The lowest BCUT2D eigenvalue weighted by molar-refractivity contribution is 0.399. The van der Waals surface area contributed by atoms with Crippen LogP contribution in [0.25, 0.3) is 0 Å². The molecule has 0 aliphatic rings. The molecule has 72 valence electrons. The zero-order chi connectivity index (χ0) is 9.68. The highest BCUT2D eigenvalue weighted by Gasteiger charge is 1.98. The Labute approximate surface area is 86.2 Å². The van der Waals surface area contributed by atoms with Crippen LogP contribution >= 0.6 is 12.6 Å². The molecule has 1 aromatic rings. The van der Waals surface area contributed by atoms with E-state index < -0.39 is 0 Å². The second-order valence-electron chi connectivity index (χ2n) is 3.40. The van der Waals surface area contributed by atoms with Crippen molar-refractivity contribution < 1.29 is 0 Å². The van der Waals surface area contributed by atoms with Crippen LogP contribution in [0.5, 0.6) is 0 Å². The summed E-state index contributed by atoms with van der Waals surface area (Å²) in [5, 5.41) is 0. The summed E-state index contributed by atoms with van der Waals surface area (Å²) in [5.41, 5.74) is 2.83. The topological polar surface area (TPSA) is 3.24 Å². The molecular weight excluding hydrogens is 178 g/mol. The van der Waals surface area contributed by atoms with Crippen molar-refractivity contribution in [1.29, 1.82) is 0 Å². The molecule has 1 rings (SSSR count). The average Bonchev–Trinajstić information content (AvgIpc) is 2.16. The molecule has 0 radical (unpaired) electrons. The van der Waals surface area contributed by atoms with E-state index in [1.807, 2.05) is 0 Å². The summed E-state index contributed by atoms with van der Waals surface area (Å²) < 4.78 is 0. The smallest absolute Gasteiger partial charge is 0.0411 e. The molecule has 2 heteroatoms. The molecule has 0 spiro atoms. The maximum Gasteiger partial charge on any atom is 0.0411 e. The fourth-order valence-corrected chi connectivity index (χ4v) is 1.41. The van der Waals surface area contributed by atoms with Crippen molar-refractivity contribution in [1.82, 2.24) is 4.90 Å². The van der Waals surface area contributed by atoms with Gasteiger partial charge in [-0.1, -0.05) is 24.3 Å². The molecule has 0 N–H and O–H groups in total. The second kappa shape index (κ2) is 5.30. The molecule has 0 aliphatic carbocycles. The summed E-state index contributed by atoms with van der Waals surface area (Å²) >= 11 is 4.21. The minimum absolute atomic E-state index is 0.825. The van der Waals surface area contributed by atoms with Gasteiger partial charge in [0, 0.05) is 12.4 Å². The van der Waals surface area contributed by atoms with Gasteiger partial charge in [0.15, 0.2) is 0 Å². The van der Waals surface area contributed by atoms with Gasteiger partial charge in [0.25, 0.3) is 0 Å². The first-order chi connectivity index (χ1) is 6.24. The van der Waals surface area contributed by atoms with Crippen molar-refractivity contribution in [2.45, 2.75) is 13.3 Å². The van der Waals surface area contributed by atoms with Crippen molar-refractivity contribution in [2.24, 2.45) is 0 Å². The van der Waals surface area contributed by atoms with Crippen LogP contribution < -0.4 is 0 Å². The fraction of sp³-hybridized carbons (Fsp3) is 0.455. The molecule has 1 aromatic carbocycles. The van der Waals surface area contributed by atoms with E-state index in [0.29, 0.717) is 0 Å². The molecule has 0 heterocycles. The zero-order valence-electron chi connectivity index (χ0n) is 8.33. The van der Waals surface area contributed by atoms with Crippen molar-refractivity contribution in [3.05, 3.63) is 35.4 Å². The van der Waals surface area contributed by atoms with Crippen LogP contribution in [0.1, 0.15) is 11.1 Å². The highest BCUT2D eigenvalue weighted by Crippen LogP contribution is 2.07. The van der Waals surface area contributed by atoms with E-state index in [1.54, 1.807) is 0 Å². The Kier molecular flexibility index (Phi) is 4.33. The highest BCUT2D eigenvalue weighted by atomic mass is 32.1. The van der Waals surface area contributed by atoms with E-state index in [-0.39, 0.29) is 0 Å². The van der Waals surface area contributed by atoms with Gasteiger partial charge in [0.05, 0.1) is 0 Å².